The Balaban J connectivity index is 1.04. The Morgan fingerprint density at radius 1 is 0.556 bits per heavy atom. The zero-order valence-corrected chi connectivity index (χ0v) is 40.0. The lowest BCUT2D eigenvalue weighted by Crippen LogP contribution is -2.32. The van der Waals surface area contributed by atoms with Gasteiger partial charge in [0.25, 0.3) is 6.33 Å². The van der Waals surface area contributed by atoms with E-state index in [0.29, 0.717) is 39.3 Å². The van der Waals surface area contributed by atoms with Crippen molar-refractivity contribution in [2.24, 2.45) is 0 Å². The molecule has 0 amide bonds. The molecule has 7 heteroatoms. The van der Waals surface area contributed by atoms with Gasteiger partial charge in [0.15, 0.2) is 0 Å². The number of fused-ring (bicyclic) bond motifs is 13. The molecule has 1 aliphatic heterocycles. The van der Waals surface area contributed by atoms with Crippen LogP contribution in [0.3, 0.4) is 0 Å². The highest BCUT2D eigenvalue weighted by molar-refractivity contribution is 6.11. The summed E-state index contributed by atoms with van der Waals surface area (Å²) in [5, 5.41) is 3.59. The first-order valence-electron chi connectivity index (χ1n) is 24.4. The summed E-state index contributed by atoms with van der Waals surface area (Å²) < 4.78 is 36.2. The molecule has 0 spiro atoms. The predicted molar refractivity (Wildman–Crippen MR) is 288 cm³/mol. The summed E-state index contributed by atoms with van der Waals surface area (Å²) in [7, 11) is 0. The number of aromatic nitrogens is 4. The summed E-state index contributed by atoms with van der Waals surface area (Å²) in [5.74, 6) is 1.72. The number of benzene rings is 9. The van der Waals surface area contributed by atoms with Gasteiger partial charge in [0.05, 0.1) is 27.8 Å². The molecule has 72 heavy (non-hydrogen) atoms. The van der Waals surface area contributed by atoms with Crippen LogP contribution in [0.25, 0.3) is 116 Å². The molecule has 0 fully saturated rings. The smallest absolute Gasteiger partial charge is 0.270 e. The van der Waals surface area contributed by atoms with Gasteiger partial charge >= 0.3 is 0 Å². The average molecular weight is 933 g/mol. The Kier molecular flexibility index (Phi) is 9.14. The second-order valence-electron chi connectivity index (χ2n) is 19.9. The molecule has 4 aromatic heterocycles. The average Bonchev–Trinajstić information content (AvgIpc) is 4.08. The third-order valence-corrected chi connectivity index (χ3v) is 14.5. The minimum atomic E-state index is -0.306. The van der Waals surface area contributed by atoms with Crippen molar-refractivity contribution in [1.29, 1.82) is 0 Å². The first-order valence-corrected chi connectivity index (χ1v) is 24.4. The minimum Gasteiger partial charge on any atom is -0.460 e. The van der Waals surface area contributed by atoms with Gasteiger partial charge in [-0.25, -0.2) is 9.37 Å². The Bertz CT molecular complexity index is 4380. The summed E-state index contributed by atoms with van der Waals surface area (Å²) in [4.78, 5) is 4.92. The highest BCUT2D eigenvalue weighted by atomic mass is 19.1. The van der Waals surface area contributed by atoms with Gasteiger partial charge in [0, 0.05) is 33.8 Å². The molecule has 0 bridgehead atoms. The molecule has 0 aliphatic carbocycles. The summed E-state index contributed by atoms with van der Waals surface area (Å²) in [6.45, 7) is 8.42. The van der Waals surface area contributed by atoms with E-state index >= 15 is 4.39 Å². The summed E-state index contributed by atoms with van der Waals surface area (Å²) in [6.07, 6.45) is 5.83. The summed E-state index contributed by atoms with van der Waals surface area (Å²) in [5.41, 5.74) is 17.2. The van der Waals surface area contributed by atoms with Crippen molar-refractivity contribution in [2.75, 3.05) is 0 Å². The van der Waals surface area contributed by atoms with Crippen molar-refractivity contribution in [2.45, 2.75) is 33.1 Å². The van der Waals surface area contributed by atoms with E-state index in [1.54, 1.807) is 19.1 Å². The zero-order valence-electron chi connectivity index (χ0n) is 40.0. The van der Waals surface area contributed by atoms with E-state index in [1.807, 2.05) is 24.4 Å². The number of hydrogen-bond donors (Lipinski definition) is 0. The molecule has 344 valence electrons. The van der Waals surface area contributed by atoms with Crippen molar-refractivity contribution in [3.63, 3.8) is 0 Å². The van der Waals surface area contributed by atoms with Gasteiger partial charge in [-0.05, 0) is 123 Å². The topological polar surface area (TPSA) is 49.0 Å². The number of nitrogens with zero attached hydrogens (tertiary/aromatic N) is 4. The van der Waals surface area contributed by atoms with Crippen LogP contribution in [0.15, 0.2) is 205 Å². The molecular formula is C65H45FN4O2. The van der Waals surface area contributed by atoms with Gasteiger partial charge in [-0.3, -0.25) is 13.7 Å². The molecule has 0 unspecified atom stereocenters. The fraction of sp³-hybridized carbons (Fsp3) is 0.0769. The number of para-hydroxylation sites is 3. The standard InChI is InChI=1S/C65H45FN4O2/c1-39-32-60-53(37-55(39)66)54-34-43(71-42-28-29-50-49-22-12-13-26-56(49)70(58(50)35-42)61-33-41(30-31-67-61)65(2,3)4)36-59(64(54)72-60)68-38-69-62-44(40-16-6-5-7-17-40)23-14-24-51(62)47-20-10-8-18-45(47)46-19-9-11-21-48(46)52-25-15-27-57(68)63(52)69/h5-37H,1-4H3. The number of aryl methyl sites for hydroxylation is 1. The molecule has 0 radical (unpaired) electrons. The van der Waals surface area contributed by atoms with E-state index in [-0.39, 0.29) is 11.2 Å². The third kappa shape index (κ3) is 6.40. The highest BCUT2D eigenvalue weighted by Gasteiger charge is 2.28. The quantitative estimate of drug-likeness (QED) is 0.128. The van der Waals surface area contributed by atoms with Crippen molar-refractivity contribution >= 4 is 54.8 Å². The monoisotopic (exact) mass is 932 g/mol. The number of furan rings is 1. The Morgan fingerprint density at radius 2 is 1.21 bits per heavy atom. The van der Waals surface area contributed by atoms with Crippen LogP contribution in [-0.4, -0.2) is 14.1 Å². The molecule has 0 atom stereocenters. The lowest BCUT2D eigenvalue weighted by molar-refractivity contribution is -0.570. The zero-order chi connectivity index (χ0) is 48.4. The van der Waals surface area contributed by atoms with Crippen LogP contribution in [0.2, 0.25) is 0 Å². The Labute approximate surface area is 415 Å². The van der Waals surface area contributed by atoms with Crippen LogP contribution in [0, 0.1) is 19.1 Å². The molecule has 0 saturated carbocycles. The van der Waals surface area contributed by atoms with E-state index in [1.165, 1.54) is 5.56 Å². The minimum absolute atomic E-state index is 0.0672. The first kappa shape index (κ1) is 41.9. The maximum absolute atomic E-state index is 15.7. The second-order valence-corrected chi connectivity index (χ2v) is 19.9. The Morgan fingerprint density at radius 3 is 2.00 bits per heavy atom. The largest absolute Gasteiger partial charge is 0.460 e. The van der Waals surface area contributed by atoms with Gasteiger partial charge in [0.1, 0.15) is 40.0 Å². The molecule has 1 aliphatic rings. The van der Waals surface area contributed by atoms with Crippen LogP contribution < -0.4 is 9.30 Å². The maximum Gasteiger partial charge on any atom is 0.270 e. The van der Waals surface area contributed by atoms with Crippen molar-refractivity contribution in [3.8, 4) is 73.2 Å². The molecule has 5 heterocycles. The van der Waals surface area contributed by atoms with Gasteiger partial charge in [-0.2, -0.15) is 0 Å². The van der Waals surface area contributed by atoms with E-state index < -0.39 is 0 Å². The first-order chi connectivity index (χ1) is 35.2. The summed E-state index contributed by atoms with van der Waals surface area (Å²) in [6, 6.07) is 67.3. The third-order valence-electron chi connectivity index (χ3n) is 14.5. The SMILES string of the molecule is Cc1cc2oc3c(-n4[c-][n+]5c6c(cccc64)-c4ccccc4-c4ccccc4-c4cccc(-c6ccccc6)c4-5)cc(Oc4ccc5c6ccccc6n(-c6cc(C(C)(C)C)ccn6)c5c4)cc3c2cc1F. The van der Waals surface area contributed by atoms with Gasteiger partial charge in [-0.1, -0.05) is 154 Å². The van der Waals surface area contributed by atoms with Crippen LogP contribution in [0.1, 0.15) is 31.9 Å². The predicted octanol–water partition coefficient (Wildman–Crippen LogP) is 16.6. The van der Waals surface area contributed by atoms with Crippen molar-refractivity contribution < 1.29 is 18.1 Å². The number of ether oxygens (including phenoxy) is 1. The van der Waals surface area contributed by atoms with E-state index in [9.17, 15) is 0 Å². The molecule has 6 nitrogen and oxygen atoms in total. The number of hydrogen-bond acceptors (Lipinski definition) is 3. The number of rotatable bonds is 5. The lowest BCUT2D eigenvalue weighted by Gasteiger charge is -2.20. The lowest BCUT2D eigenvalue weighted by atomic mass is 9.88. The number of imidazole rings is 1. The highest BCUT2D eigenvalue weighted by Crippen LogP contribution is 2.46. The maximum atomic E-state index is 15.7. The molecule has 14 rings (SSSR count). The fourth-order valence-electron chi connectivity index (χ4n) is 11.1. The van der Waals surface area contributed by atoms with Gasteiger partial charge < -0.3 is 9.15 Å². The molecule has 0 N–H and O–H groups in total. The number of halogens is 1. The second kappa shape index (κ2) is 15.7. The fourth-order valence-corrected chi connectivity index (χ4v) is 11.1. The molecule has 9 aromatic carbocycles. The molecular weight excluding hydrogens is 888 g/mol. The van der Waals surface area contributed by atoms with Gasteiger partial charge in [-0.15, -0.1) is 0 Å². The van der Waals surface area contributed by atoms with E-state index in [0.717, 1.165) is 94.2 Å². The molecule has 13 aromatic rings. The van der Waals surface area contributed by atoms with E-state index in [4.69, 9.17) is 14.1 Å². The van der Waals surface area contributed by atoms with E-state index in [2.05, 4.69) is 205 Å². The Hall–Kier alpha value is -9.07. The van der Waals surface area contributed by atoms with Gasteiger partial charge in [0.2, 0.25) is 0 Å². The molecule has 0 saturated heterocycles. The van der Waals surface area contributed by atoms with Crippen LogP contribution in [0.5, 0.6) is 11.5 Å². The van der Waals surface area contributed by atoms with Crippen LogP contribution in [-0.2, 0) is 5.41 Å². The van der Waals surface area contributed by atoms with Crippen LogP contribution in [0.4, 0.5) is 4.39 Å². The summed E-state index contributed by atoms with van der Waals surface area (Å²) >= 11 is 0. The van der Waals surface area contributed by atoms with Crippen molar-refractivity contribution in [1.82, 2.24) is 14.1 Å². The number of pyridine rings is 1. The van der Waals surface area contributed by atoms with Crippen molar-refractivity contribution in [3.05, 3.63) is 224 Å². The van der Waals surface area contributed by atoms with Crippen LogP contribution >= 0.6 is 0 Å². The normalized spacial score (nSPS) is 12.2.